The van der Waals surface area contributed by atoms with Gasteiger partial charge in [0.2, 0.25) is 0 Å². The number of hydrogen-bond donors (Lipinski definition) is 1. The summed E-state index contributed by atoms with van der Waals surface area (Å²) in [5.41, 5.74) is 0. The lowest BCUT2D eigenvalue weighted by molar-refractivity contribution is 0.148. The molecule has 0 bridgehead atoms. The summed E-state index contributed by atoms with van der Waals surface area (Å²) in [6, 6.07) is 0. The third kappa shape index (κ3) is 0.936. The van der Waals surface area contributed by atoms with Gasteiger partial charge in [-0.05, 0) is 42.9 Å². The maximum Gasteiger partial charge on any atom is 0.0574 e. The molecule has 0 aromatic carbocycles. The highest BCUT2D eigenvalue weighted by Crippen LogP contribution is 2.61. The van der Waals surface area contributed by atoms with E-state index >= 15 is 0 Å². The van der Waals surface area contributed by atoms with Gasteiger partial charge in [-0.15, -0.1) is 0 Å². The summed E-state index contributed by atoms with van der Waals surface area (Å²) in [6.07, 6.45) is 6.91. The van der Waals surface area contributed by atoms with Crippen LogP contribution in [-0.2, 0) is 0 Å². The Kier molecular flexibility index (Phi) is 1.18. The molecule has 0 aromatic rings. The first-order chi connectivity index (χ1) is 5.36. The van der Waals surface area contributed by atoms with Gasteiger partial charge in [0.1, 0.15) is 0 Å². The van der Waals surface area contributed by atoms with Crippen molar-refractivity contribution in [1.29, 1.82) is 0 Å². The van der Waals surface area contributed by atoms with Crippen LogP contribution in [0.1, 0.15) is 32.1 Å². The van der Waals surface area contributed by atoms with Gasteiger partial charge < -0.3 is 5.11 Å². The summed E-state index contributed by atoms with van der Waals surface area (Å²) in [4.78, 5) is 0. The van der Waals surface area contributed by atoms with Crippen molar-refractivity contribution in [3.05, 3.63) is 0 Å². The predicted octanol–water partition coefficient (Wildman–Crippen LogP) is 1.80. The molecule has 3 fully saturated rings. The van der Waals surface area contributed by atoms with Gasteiger partial charge >= 0.3 is 0 Å². The van der Waals surface area contributed by atoms with E-state index in [2.05, 4.69) is 0 Å². The van der Waals surface area contributed by atoms with E-state index in [1.165, 1.54) is 25.7 Å². The average molecular weight is 152 g/mol. The van der Waals surface area contributed by atoms with Crippen LogP contribution in [0.4, 0.5) is 0 Å². The molecule has 0 saturated heterocycles. The lowest BCUT2D eigenvalue weighted by atomic mass is 10.0. The first kappa shape index (κ1) is 6.47. The van der Waals surface area contributed by atoms with E-state index in [1.54, 1.807) is 0 Å². The van der Waals surface area contributed by atoms with E-state index in [0.29, 0.717) is 0 Å². The Morgan fingerprint density at radius 3 is 2.45 bits per heavy atom. The largest absolute Gasteiger partial charge is 0.393 e. The second-order valence-electron chi connectivity index (χ2n) is 4.73. The SMILES string of the molecule is OC1CCC2C(CC3CC3)C12. The topological polar surface area (TPSA) is 20.2 Å². The average Bonchev–Trinajstić information content (AvgIpc) is 2.85. The molecule has 1 N–H and O–H groups in total. The van der Waals surface area contributed by atoms with Crippen molar-refractivity contribution in [2.24, 2.45) is 23.7 Å². The summed E-state index contributed by atoms with van der Waals surface area (Å²) in [6.45, 7) is 0. The quantitative estimate of drug-likeness (QED) is 0.639. The van der Waals surface area contributed by atoms with Gasteiger partial charge in [-0.1, -0.05) is 12.8 Å². The number of aliphatic hydroxyl groups is 1. The molecule has 4 atom stereocenters. The van der Waals surface area contributed by atoms with Gasteiger partial charge in [-0.25, -0.2) is 0 Å². The molecule has 11 heavy (non-hydrogen) atoms. The Morgan fingerprint density at radius 2 is 1.91 bits per heavy atom. The van der Waals surface area contributed by atoms with Gasteiger partial charge in [0.25, 0.3) is 0 Å². The highest BCUT2D eigenvalue weighted by Gasteiger charge is 2.57. The Bertz CT molecular complexity index is 174. The predicted molar refractivity (Wildman–Crippen MR) is 43.1 cm³/mol. The zero-order valence-corrected chi connectivity index (χ0v) is 6.87. The lowest BCUT2D eigenvalue weighted by Crippen LogP contribution is -2.07. The molecule has 62 valence electrons. The molecule has 1 heteroatoms. The van der Waals surface area contributed by atoms with E-state index in [1.807, 2.05) is 0 Å². The monoisotopic (exact) mass is 152 g/mol. The van der Waals surface area contributed by atoms with Crippen molar-refractivity contribution in [3.8, 4) is 0 Å². The molecule has 0 spiro atoms. The molecular formula is C10H16O. The van der Waals surface area contributed by atoms with E-state index in [4.69, 9.17) is 0 Å². The minimum absolute atomic E-state index is 0.0868. The molecule has 0 amide bonds. The molecule has 0 aromatic heterocycles. The number of aliphatic hydroxyl groups excluding tert-OH is 1. The van der Waals surface area contributed by atoms with Crippen molar-refractivity contribution in [2.75, 3.05) is 0 Å². The van der Waals surface area contributed by atoms with E-state index in [9.17, 15) is 5.11 Å². The molecule has 4 unspecified atom stereocenters. The van der Waals surface area contributed by atoms with Crippen LogP contribution in [0.2, 0.25) is 0 Å². The fourth-order valence-electron chi connectivity index (χ4n) is 3.08. The van der Waals surface area contributed by atoms with Crippen LogP contribution in [0.5, 0.6) is 0 Å². The maximum atomic E-state index is 9.54. The summed E-state index contributed by atoms with van der Waals surface area (Å²) >= 11 is 0. The summed E-state index contributed by atoms with van der Waals surface area (Å²) < 4.78 is 0. The van der Waals surface area contributed by atoms with Gasteiger partial charge in [0.15, 0.2) is 0 Å². The summed E-state index contributed by atoms with van der Waals surface area (Å²) in [7, 11) is 0. The molecule has 0 heterocycles. The number of rotatable bonds is 2. The second-order valence-corrected chi connectivity index (χ2v) is 4.73. The summed E-state index contributed by atoms with van der Waals surface area (Å²) in [5.74, 6) is 3.71. The fourth-order valence-corrected chi connectivity index (χ4v) is 3.08. The van der Waals surface area contributed by atoms with Crippen LogP contribution in [0.15, 0.2) is 0 Å². The first-order valence-electron chi connectivity index (χ1n) is 5.04. The second kappa shape index (κ2) is 2.01. The maximum absolute atomic E-state index is 9.54. The Balaban J connectivity index is 1.59. The standard InChI is InChI=1S/C10H16O/c11-9-4-3-7-8(10(7)9)5-6-1-2-6/h6-11H,1-5H2. The third-order valence-corrected chi connectivity index (χ3v) is 3.94. The number of fused-ring (bicyclic) bond motifs is 1. The van der Waals surface area contributed by atoms with Crippen LogP contribution >= 0.6 is 0 Å². The van der Waals surface area contributed by atoms with Gasteiger partial charge in [-0.2, -0.15) is 0 Å². The van der Waals surface area contributed by atoms with Crippen molar-refractivity contribution >= 4 is 0 Å². The van der Waals surface area contributed by atoms with Crippen LogP contribution < -0.4 is 0 Å². The Hall–Kier alpha value is -0.0400. The van der Waals surface area contributed by atoms with Crippen molar-refractivity contribution in [3.63, 3.8) is 0 Å². The van der Waals surface area contributed by atoms with Crippen LogP contribution in [0.25, 0.3) is 0 Å². The lowest BCUT2D eigenvalue weighted by Gasteiger charge is -2.06. The molecule has 1 nitrogen and oxygen atoms in total. The van der Waals surface area contributed by atoms with Crippen LogP contribution in [0, 0.1) is 23.7 Å². The van der Waals surface area contributed by atoms with Crippen LogP contribution in [-0.4, -0.2) is 11.2 Å². The molecule has 3 saturated carbocycles. The zero-order chi connectivity index (χ0) is 7.42. The van der Waals surface area contributed by atoms with Gasteiger partial charge in [0, 0.05) is 0 Å². The highest BCUT2D eigenvalue weighted by atomic mass is 16.3. The minimum atomic E-state index is 0.0868. The zero-order valence-electron chi connectivity index (χ0n) is 6.87. The van der Waals surface area contributed by atoms with E-state index in [-0.39, 0.29) is 6.10 Å². The van der Waals surface area contributed by atoms with Gasteiger partial charge in [-0.3, -0.25) is 0 Å². The first-order valence-corrected chi connectivity index (χ1v) is 5.04. The molecule has 3 rings (SSSR count). The van der Waals surface area contributed by atoms with Gasteiger partial charge in [0.05, 0.1) is 6.10 Å². The third-order valence-electron chi connectivity index (χ3n) is 3.94. The molecule has 0 radical (unpaired) electrons. The van der Waals surface area contributed by atoms with Crippen molar-refractivity contribution in [1.82, 2.24) is 0 Å². The van der Waals surface area contributed by atoms with Crippen molar-refractivity contribution < 1.29 is 5.11 Å². The summed E-state index contributed by atoms with van der Waals surface area (Å²) in [5, 5.41) is 9.54. The van der Waals surface area contributed by atoms with Crippen molar-refractivity contribution in [2.45, 2.75) is 38.2 Å². The van der Waals surface area contributed by atoms with Crippen LogP contribution in [0.3, 0.4) is 0 Å². The number of hydrogen-bond acceptors (Lipinski definition) is 1. The van der Waals surface area contributed by atoms with E-state index < -0.39 is 0 Å². The smallest absolute Gasteiger partial charge is 0.0574 e. The molecule has 0 aliphatic heterocycles. The molecule has 3 aliphatic rings. The normalized spacial score (nSPS) is 54.3. The fraction of sp³-hybridized carbons (Fsp3) is 1.00. The Labute approximate surface area is 67.8 Å². The minimum Gasteiger partial charge on any atom is -0.393 e. The Morgan fingerprint density at radius 1 is 1.09 bits per heavy atom. The highest BCUT2D eigenvalue weighted by molar-refractivity contribution is 5.06. The van der Waals surface area contributed by atoms with E-state index in [0.717, 1.165) is 30.1 Å². The molecular weight excluding hydrogens is 136 g/mol. The molecule has 3 aliphatic carbocycles.